The van der Waals surface area contributed by atoms with Crippen molar-refractivity contribution in [3.05, 3.63) is 60.8 Å². The molecule has 0 bridgehead atoms. The monoisotopic (exact) mass is 440 g/mol. The van der Waals surface area contributed by atoms with Gasteiger partial charge in [-0.05, 0) is 63.3 Å². The Labute approximate surface area is 183 Å². The summed E-state index contributed by atoms with van der Waals surface area (Å²) in [4.78, 5) is 15.3. The van der Waals surface area contributed by atoms with Crippen molar-refractivity contribution >= 4 is 32.5 Å². The number of hydrogen-bond donors (Lipinski definition) is 1. The average molecular weight is 441 g/mol. The third-order valence-electron chi connectivity index (χ3n) is 5.68. The van der Waals surface area contributed by atoms with E-state index in [4.69, 9.17) is 0 Å². The van der Waals surface area contributed by atoms with Crippen LogP contribution in [0.1, 0.15) is 12.8 Å². The summed E-state index contributed by atoms with van der Waals surface area (Å²) in [7, 11) is 0.386. The molecule has 1 unspecified atom stereocenters. The molecule has 1 aromatic heterocycles. The van der Waals surface area contributed by atoms with Crippen molar-refractivity contribution < 1.29 is 13.2 Å². The average Bonchev–Trinajstić information content (AvgIpc) is 3.40. The Kier molecular flexibility index (Phi) is 6.13. The lowest BCUT2D eigenvalue weighted by atomic mass is 10.2. The van der Waals surface area contributed by atoms with Gasteiger partial charge in [-0.3, -0.25) is 4.79 Å². The Hall–Kier alpha value is -2.68. The molecule has 0 radical (unpaired) electrons. The lowest BCUT2D eigenvalue weighted by molar-refractivity contribution is -0.119. The minimum atomic E-state index is -3.70. The molecule has 1 aliphatic heterocycles. The zero-order chi connectivity index (χ0) is 22.0. The first-order valence-electron chi connectivity index (χ1n) is 10.5. The quantitative estimate of drug-likeness (QED) is 0.613. The minimum Gasteiger partial charge on any atom is -0.346 e. The molecule has 1 atom stereocenters. The molecule has 164 valence electrons. The number of carbonyl (C=O) groups excluding carboxylic acids is 1. The van der Waals surface area contributed by atoms with Gasteiger partial charge in [0.05, 0.1) is 4.90 Å². The highest BCUT2D eigenvalue weighted by molar-refractivity contribution is 7.89. The fourth-order valence-corrected chi connectivity index (χ4v) is 5.70. The minimum absolute atomic E-state index is 0.218. The van der Waals surface area contributed by atoms with Crippen molar-refractivity contribution in [2.24, 2.45) is 0 Å². The second-order valence-electron chi connectivity index (χ2n) is 8.16. The Morgan fingerprint density at radius 3 is 2.65 bits per heavy atom. The maximum Gasteiger partial charge on any atom is 0.243 e. The highest BCUT2D eigenvalue weighted by atomic mass is 32.2. The summed E-state index contributed by atoms with van der Waals surface area (Å²) in [5.41, 5.74) is 1.78. The zero-order valence-electron chi connectivity index (χ0n) is 17.9. The molecule has 0 spiro atoms. The predicted molar refractivity (Wildman–Crippen MR) is 122 cm³/mol. The van der Waals surface area contributed by atoms with Crippen LogP contribution >= 0.6 is 0 Å². The van der Waals surface area contributed by atoms with Crippen molar-refractivity contribution in [2.45, 2.75) is 30.3 Å². The van der Waals surface area contributed by atoms with Crippen LogP contribution in [0, 0.1) is 0 Å². The predicted octanol–water partition coefficient (Wildman–Crippen LogP) is 2.99. The number of amides is 1. The standard InChI is InChI=1S/C23H28N4O3S/c1-25(2)15-16-26-14-12-18-17-19(10-11-21(18)26)24-23(28)22-9-6-13-27(22)31(29,30)20-7-4-3-5-8-20/h3-5,7-8,10-12,14,17,22H,6,9,13,15-16H2,1-2H3,(H,24,28). The van der Waals surface area contributed by atoms with E-state index >= 15 is 0 Å². The van der Waals surface area contributed by atoms with Crippen LogP contribution in [0.5, 0.6) is 0 Å². The molecule has 1 saturated heterocycles. The molecule has 1 fully saturated rings. The van der Waals surface area contributed by atoms with Crippen molar-refractivity contribution in [3.63, 3.8) is 0 Å². The molecule has 3 aromatic rings. The van der Waals surface area contributed by atoms with Gasteiger partial charge in [-0.25, -0.2) is 8.42 Å². The van der Waals surface area contributed by atoms with Gasteiger partial charge in [-0.2, -0.15) is 4.31 Å². The molecule has 4 rings (SSSR count). The summed E-state index contributed by atoms with van der Waals surface area (Å²) in [5, 5.41) is 3.97. The maximum absolute atomic E-state index is 13.0. The number of sulfonamides is 1. The van der Waals surface area contributed by atoms with E-state index in [-0.39, 0.29) is 10.8 Å². The molecule has 0 saturated carbocycles. The van der Waals surface area contributed by atoms with Gasteiger partial charge < -0.3 is 14.8 Å². The summed E-state index contributed by atoms with van der Waals surface area (Å²) < 4.78 is 29.6. The molecule has 0 aliphatic carbocycles. The number of rotatable bonds is 7. The highest BCUT2D eigenvalue weighted by Gasteiger charge is 2.39. The summed E-state index contributed by atoms with van der Waals surface area (Å²) in [6.07, 6.45) is 3.23. The third-order valence-corrected chi connectivity index (χ3v) is 7.61. The molecule has 1 aliphatic rings. The second-order valence-corrected chi connectivity index (χ2v) is 10.1. The number of likely N-dealkylation sites (N-methyl/N-ethyl adjacent to an activating group) is 1. The van der Waals surface area contributed by atoms with Crippen molar-refractivity contribution in [1.29, 1.82) is 0 Å². The number of fused-ring (bicyclic) bond motifs is 1. The summed E-state index contributed by atoms with van der Waals surface area (Å²) in [5.74, 6) is -0.289. The maximum atomic E-state index is 13.0. The molecule has 8 heteroatoms. The van der Waals surface area contributed by atoms with E-state index in [9.17, 15) is 13.2 Å². The number of hydrogen-bond acceptors (Lipinski definition) is 4. The zero-order valence-corrected chi connectivity index (χ0v) is 18.7. The van der Waals surface area contributed by atoms with E-state index in [1.807, 2.05) is 44.6 Å². The van der Waals surface area contributed by atoms with E-state index in [2.05, 4.69) is 14.8 Å². The fourth-order valence-electron chi connectivity index (χ4n) is 4.02. The van der Waals surface area contributed by atoms with Crippen LogP contribution < -0.4 is 5.32 Å². The van der Waals surface area contributed by atoms with Crippen LogP contribution in [0.15, 0.2) is 65.7 Å². The molecular weight excluding hydrogens is 412 g/mol. The number of nitrogens with zero attached hydrogens (tertiary/aromatic N) is 3. The van der Waals surface area contributed by atoms with Crippen molar-refractivity contribution in [1.82, 2.24) is 13.8 Å². The Bertz CT molecular complexity index is 1170. The van der Waals surface area contributed by atoms with Crippen molar-refractivity contribution in [3.8, 4) is 0 Å². The lowest BCUT2D eigenvalue weighted by Crippen LogP contribution is -2.43. The van der Waals surface area contributed by atoms with Gasteiger partial charge in [-0.15, -0.1) is 0 Å². The molecule has 7 nitrogen and oxygen atoms in total. The molecular formula is C23H28N4O3S. The second kappa shape index (κ2) is 8.82. The normalized spacial score (nSPS) is 17.5. The van der Waals surface area contributed by atoms with Gasteiger partial charge in [0, 0.05) is 42.4 Å². The highest BCUT2D eigenvalue weighted by Crippen LogP contribution is 2.27. The summed E-state index contributed by atoms with van der Waals surface area (Å²) in [6, 6.07) is 15.4. The number of anilines is 1. The number of nitrogens with one attached hydrogen (secondary N) is 1. The number of carbonyl (C=O) groups is 1. The van der Waals surface area contributed by atoms with Gasteiger partial charge in [-0.1, -0.05) is 18.2 Å². The van der Waals surface area contributed by atoms with Crippen molar-refractivity contribution in [2.75, 3.05) is 32.5 Å². The first-order chi connectivity index (χ1) is 14.9. The SMILES string of the molecule is CN(C)CCn1ccc2cc(NC(=O)C3CCCN3S(=O)(=O)c3ccccc3)ccc21. The van der Waals surface area contributed by atoms with E-state index in [1.54, 1.807) is 30.3 Å². The van der Waals surface area contributed by atoms with Crippen LogP contribution in [0.2, 0.25) is 0 Å². The molecule has 31 heavy (non-hydrogen) atoms. The molecule has 1 N–H and O–H groups in total. The van der Waals surface area contributed by atoms with Crippen LogP contribution in [0.3, 0.4) is 0 Å². The van der Waals surface area contributed by atoms with Crippen LogP contribution in [0.25, 0.3) is 10.9 Å². The van der Waals surface area contributed by atoms with Gasteiger partial charge >= 0.3 is 0 Å². The van der Waals surface area contributed by atoms with E-state index in [0.29, 0.717) is 25.1 Å². The molecule has 1 amide bonds. The first-order valence-corrected chi connectivity index (χ1v) is 11.9. The topological polar surface area (TPSA) is 74.7 Å². The van der Waals surface area contributed by atoms with E-state index in [1.165, 1.54) is 4.31 Å². The molecule has 2 heterocycles. The Morgan fingerprint density at radius 1 is 1.13 bits per heavy atom. The molecule has 2 aromatic carbocycles. The van der Waals surface area contributed by atoms with Gasteiger partial charge in [0.15, 0.2) is 0 Å². The fraction of sp³-hybridized carbons (Fsp3) is 0.348. The Morgan fingerprint density at radius 2 is 1.90 bits per heavy atom. The van der Waals surface area contributed by atoms with Gasteiger partial charge in [0.2, 0.25) is 15.9 Å². The smallest absolute Gasteiger partial charge is 0.243 e. The largest absolute Gasteiger partial charge is 0.346 e. The number of benzene rings is 2. The summed E-state index contributed by atoms with van der Waals surface area (Å²) >= 11 is 0. The summed E-state index contributed by atoms with van der Waals surface area (Å²) in [6.45, 7) is 2.18. The Balaban J connectivity index is 1.50. The van der Waals surface area contributed by atoms with E-state index < -0.39 is 16.1 Å². The third kappa shape index (κ3) is 4.51. The van der Waals surface area contributed by atoms with Crippen LogP contribution in [-0.4, -0.2) is 61.3 Å². The van der Waals surface area contributed by atoms with E-state index in [0.717, 1.165) is 24.0 Å². The van der Waals surface area contributed by atoms with Gasteiger partial charge in [0.25, 0.3) is 0 Å². The van der Waals surface area contributed by atoms with Crippen LogP contribution in [-0.2, 0) is 21.4 Å². The van der Waals surface area contributed by atoms with Crippen LogP contribution in [0.4, 0.5) is 5.69 Å². The van der Waals surface area contributed by atoms with Gasteiger partial charge in [0.1, 0.15) is 6.04 Å². The lowest BCUT2D eigenvalue weighted by Gasteiger charge is -2.23. The first kappa shape index (κ1) is 21.5. The number of aromatic nitrogens is 1.